The summed E-state index contributed by atoms with van der Waals surface area (Å²) in [6.45, 7) is 4.86. The minimum Gasteiger partial charge on any atom is -0.477 e. The maximum Gasteiger partial charge on any atom is 0.257 e. The van der Waals surface area contributed by atoms with Crippen molar-refractivity contribution >= 4 is 5.91 Å². The normalized spacial score (nSPS) is 17.0. The first-order chi connectivity index (χ1) is 11.2. The van der Waals surface area contributed by atoms with E-state index in [1.54, 1.807) is 21.7 Å². The molecule has 1 aliphatic heterocycles. The monoisotopic (exact) mass is 317 g/mol. The van der Waals surface area contributed by atoms with Gasteiger partial charge in [0.25, 0.3) is 5.91 Å². The van der Waals surface area contributed by atoms with Crippen LogP contribution in [0.3, 0.4) is 0 Å². The Kier molecular flexibility index (Phi) is 4.24. The first-order valence-corrected chi connectivity index (χ1v) is 7.59. The molecule has 0 aliphatic carbocycles. The Hall–Kier alpha value is -2.48. The number of amides is 1. The van der Waals surface area contributed by atoms with Crippen molar-refractivity contribution in [1.82, 2.24) is 24.9 Å². The van der Waals surface area contributed by atoms with Gasteiger partial charge in [-0.2, -0.15) is 5.10 Å². The molecule has 1 aliphatic rings. The van der Waals surface area contributed by atoms with Crippen LogP contribution in [0.1, 0.15) is 29.4 Å². The molecule has 8 nitrogen and oxygen atoms in total. The molecule has 0 radical (unpaired) electrons. The highest BCUT2D eigenvalue weighted by molar-refractivity contribution is 5.95. The Bertz CT molecular complexity index is 696. The van der Waals surface area contributed by atoms with Crippen molar-refractivity contribution in [1.29, 1.82) is 0 Å². The summed E-state index contributed by atoms with van der Waals surface area (Å²) in [5, 5.41) is 21.5. The summed E-state index contributed by atoms with van der Waals surface area (Å²) in [5.41, 5.74) is 1.20. The highest BCUT2D eigenvalue weighted by Crippen LogP contribution is 2.22. The molecule has 0 spiro atoms. The van der Waals surface area contributed by atoms with E-state index >= 15 is 0 Å². The fourth-order valence-corrected chi connectivity index (χ4v) is 2.55. The molecule has 0 aromatic carbocycles. The van der Waals surface area contributed by atoms with Gasteiger partial charge in [-0.25, -0.2) is 4.68 Å². The fourth-order valence-electron chi connectivity index (χ4n) is 2.55. The van der Waals surface area contributed by atoms with E-state index in [4.69, 9.17) is 4.74 Å². The lowest BCUT2D eigenvalue weighted by Crippen LogP contribution is -2.53. The zero-order valence-corrected chi connectivity index (χ0v) is 13.1. The van der Waals surface area contributed by atoms with Crippen molar-refractivity contribution < 1.29 is 14.6 Å². The zero-order valence-electron chi connectivity index (χ0n) is 13.1. The SMILES string of the molecule is CCOc1ccc(-n2ncc(C(=O)N3CCC3CO)c2C)nn1. The largest absolute Gasteiger partial charge is 0.477 e. The molecule has 0 bridgehead atoms. The second-order valence-electron chi connectivity index (χ2n) is 5.34. The predicted octanol–water partition coefficient (Wildman–Crippen LogP) is 0.576. The summed E-state index contributed by atoms with van der Waals surface area (Å²) in [6, 6.07) is 3.37. The van der Waals surface area contributed by atoms with Crippen molar-refractivity contribution in [3.63, 3.8) is 0 Å². The van der Waals surface area contributed by atoms with Gasteiger partial charge < -0.3 is 14.7 Å². The van der Waals surface area contributed by atoms with E-state index in [2.05, 4.69) is 15.3 Å². The third kappa shape index (κ3) is 2.77. The number of carbonyl (C=O) groups excluding carboxylic acids is 1. The van der Waals surface area contributed by atoms with Gasteiger partial charge in [-0.1, -0.05) is 0 Å². The number of aliphatic hydroxyl groups is 1. The number of aliphatic hydroxyl groups excluding tert-OH is 1. The lowest BCUT2D eigenvalue weighted by Gasteiger charge is -2.39. The molecule has 1 N–H and O–H groups in total. The van der Waals surface area contributed by atoms with Crippen LogP contribution < -0.4 is 4.74 Å². The Morgan fingerprint density at radius 3 is 2.83 bits per heavy atom. The molecule has 2 aromatic heterocycles. The minimum atomic E-state index is -0.113. The number of hydrogen-bond acceptors (Lipinski definition) is 6. The van der Waals surface area contributed by atoms with Crippen LogP contribution in [0.25, 0.3) is 5.82 Å². The van der Waals surface area contributed by atoms with Crippen molar-refractivity contribution in [2.75, 3.05) is 19.8 Å². The van der Waals surface area contributed by atoms with Crippen molar-refractivity contribution in [2.24, 2.45) is 0 Å². The van der Waals surface area contributed by atoms with Gasteiger partial charge in [-0.3, -0.25) is 4.79 Å². The number of carbonyl (C=O) groups is 1. The number of likely N-dealkylation sites (tertiary alicyclic amines) is 1. The van der Waals surface area contributed by atoms with Gasteiger partial charge in [0.2, 0.25) is 5.88 Å². The van der Waals surface area contributed by atoms with Crippen LogP contribution in [-0.4, -0.2) is 61.7 Å². The Morgan fingerprint density at radius 2 is 2.26 bits per heavy atom. The third-order valence-corrected chi connectivity index (χ3v) is 3.99. The van der Waals surface area contributed by atoms with Crippen molar-refractivity contribution in [3.05, 3.63) is 29.6 Å². The average molecular weight is 317 g/mol. The lowest BCUT2D eigenvalue weighted by molar-refractivity contribution is 0.0295. The number of rotatable bonds is 5. The van der Waals surface area contributed by atoms with E-state index in [0.717, 1.165) is 6.42 Å². The van der Waals surface area contributed by atoms with Crippen LogP contribution in [0.2, 0.25) is 0 Å². The summed E-state index contributed by atoms with van der Waals surface area (Å²) >= 11 is 0. The summed E-state index contributed by atoms with van der Waals surface area (Å²) in [5.74, 6) is 0.856. The highest BCUT2D eigenvalue weighted by atomic mass is 16.5. The maximum atomic E-state index is 12.5. The molecule has 1 saturated heterocycles. The number of nitrogens with zero attached hydrogens (tertiary/aromatic N) is 5. The van der Waals surface area contributed by atoms with Crippen LogP contribution in [0.5, 0.6) is 5.88 Å². The average Bonchev–Trinajstić information content (AvgIpc) is 2.89. The molecule has 122 valence electrons. The lowest BCUT2D eigenvalue weighted by atomic mass is 10.0. The van der Waals surface area contributed by atoms with Crippen LogP contribution in [0.4, 0.5) is 0 Å². The number of ether oxygens (including phenoxy) is 1. The molecule has 1 atom stereocenters. The van der Waals surface area contributed by atoms with Crippen LogP contribution >= 0.6 is 0 Å². The molecule has 1 fully saturated rings. The van der Waals surface area contributed by atoms with E-state index in [0.29, 0.717) is 36.1 Å². The molecule has 23 heavy (non-hydrogen) atoms. The summed E-state index contributed by atoms with van der Waals surface area (Å²) < 4.78 is 6.83. The quantitative estimate of drug-likeness (QED) is 0.867. The van der Waals surface area contributed by atoms with E-state index in [1.165, 1.54) is 6.20 Å². The topological polar surface area (TPSA) is 93.4 Å². The number of aromatic nitrogens is 4. The van der Waals surface area contributed by atoms with Crippen molar-refractivity contribution in [2.45, 2.75) is 26.3 Å². The summed E-state index contributed by atoms with van der Waals surface area (Å²) in [4.78, 5) is 14.2. The second kappa shape index (κ2) is 6.33. The Morgan fingerprint density at radius 1 is 1.43 bits per heavy atom. The minimum absolute atomic E-state index is 0.0106. The van der Waals surface area contributed by atoms with Gasteiger partial charge in [0, 0.05) is 12.6 Å². The first-order valence-electron chi connectivity index (χ1n) is 7.59. The second-order valence-corrected chi connectivity index (χ2v) is 5.34. The zero-order chi connectivity index (χ0) is 16.4. The smallest absolute Gasteiger partial charge is 0.257 e. The molecular weight excluding hydrogens is 298 g/mol. The van der Waals surface area contributed by atoms with E-state index < -0.39 is 0 Å². The molecule has 3 rings (SSSR count). The summed E-state index contributed by atoms with van der Waals surface area (Å²) in [7, 11) is 0. The summed E-state index contributed by atoms with van der Waals surface area (Å²) in [6.07, 6.45) is 2.36. The maximum absolute atomic E-state index is 12.5. The van der Waals surface area contributed by atoms with Gasteiger partial charge in [0.1, 0.15) is 0 Å². The van der Waals surface area contributed by atoms with Crippen LogP contribution in [0, 0.1) is 6.92 Å². The van der Waals surface area contributed by atoms with Gasteiger partial charge in [-0.05, 0) is 26.3 Å². The molecule has 8 heteroatoms. The molecule has 2 aromatic rings. The van der Waals surface area contributed by atoms with Gasteiger partial charge >= 0.3 is 0 Å². The first kappa shape index (κ1) is 15.4. The third-order valence-electron chi connectivity index (χ3n) is 3.99. The standard InChI is InChI=1S/C15H19N5O3/c1-3-23-14-5-4-13(17-18-14)20-10(2)12(8-16-20)15(22)19-7-6-11(19)9-21/h4-5,8,11,21H,3,6-7,9H2,1-2H3. The van der Waals surface area contributed by atoms with Gasteiger partial charge in [-0.15, -0.1) is 10.2 Å². The van der Waals surface area contributed by atoms with Gasteiger partial charge in [0.15, 0.2) is 5.82 Å². The fraction of sp³-hybridized carbons (Fsp3) is 0.467. The number of hydrogen-bond donors (Lipinski definition) is 1. The molecule has 1 unspecified atom stereocenters. The molecule has 0 saturated carbocycles. The predicted molar refractivity (Wildman–Crippen MR) is 81.6 cm³/mol. The van der Waals surface area contributed by atoms with E-state index in [9.17, 15) is 9.90 Å². The van der Waals surface area contributed by atoms with Gasteiger partial charge in [0.05, 0.1) is 36.7 Å². The molecular formula is C15H19N5O3. The van der Waals surface area contributed by atoms with Crippen molar-refractivity contribution in [3.8, 4) is 11.7 Å². The Labute approximate surface area is 133 Å². The molecule has 3 heterocycles. The highest BCUT2D eigenvalue weighted by Gasteiger charge is 2.33. The molecule has 1 amide bonds. The Balaban J connectivity index is 1.83. The van der Waals surface area contributed by atoms with Crippen LogP contribution in [-0.2, 0) is 0 Å². The van der Waals surface area contributed by atoms with E-state index in [1.807, 2.05) is 13.8 Å². The van der Waals surface area contributed by atoms with Crippen LogP contribution in [0.15, 0.2) is 18.3 Å². The van der Waals surface area contributed by atoms with E-state index in [-0.39, 0.29) is 18.6 Å².